The summed E-state index contributed by atoms with van der Waals surface area (Å²) in [4.78, 5) is 12.1. The predicted molar refractivity (Wildman–Crippen MR) is 81.5 cm³/mol. The summed E-state index contributed by atoms with van der Waals surface area (Å²) in [5, 5.41) is -1.28. The van der Waals surface area contributed by atoms with Crippen LogP contribution in [-0.2, 0) is 9.84 Å². The van der Waals surface area contributed by atoms with E-state index in [-0.39, 0.29) is 4.90 Å². The summed E-state index contributed by atoms with van der Waals surface area (Å²) in [6.45, 7) is 1.31. The summed E-state index contributed by atoms with van der Waals surface area (Å²) in [5.74, 6) is -1.17. The zero-order valence-corrected chi connectivity index (χ0v) is 13.5. The van der Waals surface area contributed by atoms with Crippen molar-refractivity contribution in [2.45, 2.75) is 17.1 Å². The van der Waals surface area contributed by atoms with E-state index in [9.17, 15) is 17.6 Å². The number of benzene rings is 2. The van der Waals surface area contributed by atoms with Crippen LogP contribution in [0.1, 0.15) is 17.3 Å². The lowest BCUT2D eigenvalue weighted by Crippen LogP contribution is -2.27. The van der Waals surface area contributed by atoms with Crippen molar-refractivity contribution >= 4 is 31.6 Å². The van der Waals surface area contributed by atoms with Crippen LogP contribution in [0.5, 0.6) is 0 Å². The summed E-state index contributed by atoms with van der Waals surface area (Å²) >= 11 is 3.24. The van der Waals surface area contributed by atoms with Gasteiger partial charge in [-0.1, -0.05) is 34.1 Å². The molecule has 0 heterocycles. The third kappa shape index (κ3) is 3.39. The molecule has 2 aromatic carbocycles. The Bertz CT molecular complexity index is 770. The lowest BCUT2D eigenvalue weighted by Gasteiger charge is -2.12. The van der Waals surface area contributed by atoms with Gasteiger partial charge in [0.1, 0.15) is 11.1 Å². The van der Waals surface area contributed by atoms with Crippen molar-refractivity contribution < 1.29 is 17.6 Å². The van der Waals surface area contributed by atoms with Crippen molar-refractivity contribution in [3.05, 3.63) is 64.4 Å². The van der Waals surface area contributed by atoms with Gasteiger partial charge in [0.2, 0.25) is 0 Å². The number of ketones is 1. The second-order valence-corrected chi connectivity index (χ2v) is 7.70. The van der Waals surface area contributed by atoms with Crippen LogP contribution in [0.3, 0.4) is 0 Å². The maximum absolute atomic E-state index is 13.2. The molecule has 110 valence electrons. The van der Waals surface area contributed by atoms with Crippen LogP contribution >= 0.6 is 15.9 Å². The molecule has 0 aliphatic heterocycles. The van der Waals surface area contributed by atoms with E-state index in [0.29, 0.717) is 5.56 Å². The first-order chi connectivity index (χ1) is 9.82. The van der Waals surface area contributed by atoms with Gasteiger partial charge in [-0.2, -0.15) is 0 Å². The fraction of sp³-hybridized carbons (Fsp3) is 0.133. The minimum absolute atomic E-state index is 0.194. The highest BCUT2D eigenvalue weighted by molar-refractivity contribution is 9.10. The number of Topliss-reactive ketones (excluding diaryl/α,β-unsaturated/α-hetero) is 1. The first-order valence-corrected chi connectivity index (χ1v) is 8.45. The lowest BCUT2D eigenvalue weighted by atomic mass is 10.1. The normalized spacial score (nSPS) is 12.9. The van der Waals surface area contributed by atoms with Gasteiger partial charge in [0.05, 0.1) is 4.90 Å². The number of sulfone groups is 1. The molecule has 0 radical (unpaired) electrons. The van der Waals surface area contributed by atoms with Crippen LogP contribution in [-0.4, -0.2) is 19.5 Å². The molecule has 0 fully saturated rings. The van der Waals surface area contributed by atoms with Crippen molar-refractivity contribution in [1.29, 1.82) is 0 Å². The van der Waals surface area contributed by atoms with Gasteiger partial charge in [0.25, 0.3) is 0 Å². The van der Waals surface area contributed by atoms with Crippen molar-refractivity contribution in [3.8, 4) is 0 Å². The fourth-order valence-corrected chi connectivity index (χ4v) is 3.47. The van der Waals surface area contributed by atoms with E-state index in [0.717, 1.165) is 16.6 Å². The number of carbonyl (C=O) groups excluding carboxylic acids is 1. The molecule has 2 aromatic rings. The molecule has 6 heteroatoms. The van der Waals surface area contributed by atoms with Crippen LogP contribution in [0, 0.1) is 5.82 Å². The zero-order chi connectivity index (χ0) is 15.6. The molecule has 0 aromatic heterocycles. The smallest absolute Gasteiger partial charge is 0.188 e. The Hall–Kier alpha value is -1.53. The van der Waals surface area contributed by atoms with E-state index in [2.05, 4.69) is 15.9 Å². The summed E-state index contributed by atoms with van der Waals surface area (Å²) < 4.78 is 38.7. The second kappa shape index (κ2) is 6.07. The molecule has 21 heavy (non-hydrogen) atoms. The van der Waals surface area contributed by atoms with Gasteiger partial charge in [-0.25, -0.2) is 12.8 Å². The quantitative estimate of drug-likeness (QED) is 0.772. The van der Waals surface area contributed by atoms with Crippen molar-refractivity contribution in [2.24, 2.45) is 0 Å². The highest BCUT2D eigenvalue weighted by atomic mass is 79.9. The monoisotopic (exact) mass is 370 g/mol. The average Bonchev–Trinajstić information content (AvgIpc) is 2.46. The van der Waals surface area contributed by atoms with E-state index in [1.807, 2.05) is 0 Å². The minimum atomic E-state index is -3.92. The molecule has 0 N–H and O–H groups in total. The Morgan fingerprint density at radius 1 is 1.14 bits per heavy atom. The van der Waals surface area contributed by atoms with E-state index in [4.69, 9.17) is 0 Å². The van der Waals surface area contributed by atoms with Crippen LogP contribution in [0.15, 0.2) is 57.9 Å². The van der Waals surface area contributed by atoms with Gasteiger partial charge in [-0.15, -0.1) is 0 Å². The van der Waals surface area contributed by atoms with E-state index in [1.165, 1.54) is 19.1 Å². The molecule has 3 nitrogen and oxygen atoms in total. The number of rotatable bonds is 4. The number of halogens is 2. The van der Waals surface area contributed by atoms with Crippen molar-refractivity contribution in [2.75, 3.05) is 0 Å². The lowest BCUT2D eigenvalue weighted by molar-refractivity contribution is 0.0991. The number of carbonyl (C=O) groups is 1. The Balaban J connectivity index is 2.36. The van der Waals surface area contributed by atoms with Gasteiger partial charge >= 0.3 is 0 Å². The standard InChI is InChI=1S/C15H12BrFO3S/c1-10(15(18)11-5-7-12(16)8-6-11)21(19,20)14-4-2-3-13(17)9-14/h2-10H,1H3. The topological polar surface area (TPSA) is 51.2 Å². The Morgan fingerprint density at radius 3 is 2.33 bits per heavy atom. The maximum atomic E-state index is 13.2. The number of hydrogen-bond acceptors (Lipinski definition) is 3. The van der Waals surface area contributed by atoms with E-state index >= 15 is 0 Å². The molecule has 1 unspecified atom stereocenters. The molecule has 0 aliphatic carbocycles. The van der Waals surface area contributed by atoms with Crippen LogP contribution < -0.4 is 0 Å². The number of hydrogen-bond donors (Lipinski definition) is 0. The summed E-state index contributed by atoms with van der Waals surface area (Å²) in [5.41, 5.74) is 0.297. The van der Waals surface area contributed by atoms with Crippen LogP contribution in [0.4, 0.5) is 4.39 Å². The minimum Gasteiger partial charge on any atom is -0.293 e. The summed E-state index contributed by atoms with van der Waals surface area (Å²) in [7, 11) is -3.92. The van der Waals surface area contributed by atoms with Gasteiger partial charge < -0.3 is 0 Å². The van der Waals surface area contributed by atoms with Crippen molar-refractivity contribution in [1.82, 2.24) is 0 Å². The predicted octanol–water partition coefficient (Wildman–Crippen LogP) is 3.63. The van der Waals surface area contributed by atoms with E-state index in [1.54, 1.807) is 24.3 Å². The highest BCUT2D eigenvalue weighted by Crippen LogP contribution is 2.21. The van der Waals surface area contributed by atoms with Gasteiger partial charge in [-0.05, 0) is 37.3 Å². The summed E-state index contributed by atoms with van der Waals surface area (Å²) in [6, 6.07) is 11.1. The molecule has 0 saturated heterocycles. The van der Waals surface area contributed by atoms with Crippen molar-refractivity contribution in [3.63, 3.8) is 0 Å². The molecule has 0 bridgehead atoms. The molecule has 0 saturated carbocycles. The first kappa shape index (κ1) is 15.9. The largest absolute Gasteiger partial charge is 0.293 e. The van der Waals surface area contributed by atoms with Gasteiger partial charge in [-0.3, -0.25) is 4.79 Å². The SMILES string of the molecule is CC(C(=O)c1ccc(Br)cc1)S(=O)(=O)c1cccc(F)c1. The van der Waals surface area contributed by atoms with Gasteiger partial charge in [0, 0.05) is 10.0 Å². The molecular weight excluding hydrogens is 359 g/mol. The molecule has 0 spiro atoms. The Morgan fingerprint density at radius 2 is 1.76 bits per heavy atom. The Kier molecular flexibility index (Phi) is 4.58. The highest BCUT2D eigenvalue weighted by Gasteiger charge is 2.30. The van der Waals surface area contributed by atoms with Crippen LogP contribution in [0.25, 0.3) is 0 Å². The van der Waals surface area contributed by atoms with Crippen LogP contribution in [0.2, 0.25) is 0 Å². The summed E-state index contributed by atoms with van der Waals surface area (Å²) in [6.07, 6.45) is 0. The zero-order valence-electron chi connectivity index (χ0n) is 11.1. The second-order valence-electron chi connectivity index (χ2n) is 4.52. The third-order valence-corrected chi connectivity index (χ3v) is 5.67. The van der Waals surface area contributed by atoms with E-state index < -0.39 is 26.7 Å². The third-order valence-electron chi connectivity index (χ3n) is 3.09. The molecular formula is C15H12BrFO3S. The molecule has 0 amide bonds. The molecule has 1 atom stereocenters. The first-order valence-electron chi connectivity index (χ1n) is 6.11. The van der Waals surface area contributed by atoms with Gasteiger partial charge in [0.15, 0.2) is 15.6 Å². The fourth-order valence-electron chi connectivity index (χ4n) is 1.84. The molecule has 2 rings (SSSR count). The Labute approximate surface area is 130 Å². The molecule has 0 aliphatic rings. The average molecular weight is 371 g/mol. The maximum Gasteiger partial charge on any atom is 0.188 e.